The maximum Gasteiger partial charge on any atom is 0.314 e. The highest BCUT2D eigenvalue weighted by Crippen LogP contribution is 2.26. The Balaban J connectivity index is 1.38. The average Bonchev–Trinajstić information content (AvgIpc) is 3.30. The standard InChI is InChI=1S/C18H27N3O3/c1-23-17-4-2-3-16(9-17)21-7-5-14(12-21)10-19-18(22)20-11-15-6-8-24-13-15/h2-4,9,14-15H,5-8,10-13H2,1H3,(H2,19,20,22). The summed E-state index contributed by atoms with van der Waals surface area (Å²) in [5.41, 5.74) is 1.18. The zero-order valence-corrected chi connectivity index (χ0v) is 14.3. The maximum atomic E-state index is 11.9. The molecule has 2 fully saturated rings. The molecule has 1 aromatic rings. The van der Waals surface area contributed by atoms with Crippen LogP contribution in [0.25, 0.3) is 0 Å². The van der Waals surface area contributed by atoms with Gasteiger partial charge < -0.3 is 25.0 Å². The van der Waals surface area contributed by atoms with E-state index in [0.29, 0.717) is 24.9 Å². The maximum absolute atomic E-state index is 11.9. The SMILES string of the molecule is COc1cccc(N2CCC(CNC(=O)NCC3CCOC3)C2)c1. The third-order valence-electron chi connectivity index (χ3n) is 4.83. The van der Waals surface area contributed by atoms with Crippen LogP contribution < -0.4 is 20.3 Å². The predicted octanol–water partition coefficient (Wildman–Crippen LogP) is 1.86. The molecule has 2 unspecified atom stereocenters. The summed E-state index contributed by atoms with van der Waals surface area (Å²) in [5, 5.41) is 5.95. The smallest absolute Gasteiger partial charge is 0.314 e. The number of amides is 2. The largest absolute Gasteiger partial charge is 0.497 e. The number of rotatable bonds is 6. The highest BCUT2D eigenvalue weighted by Gasteiger charge is 2.23. The number of methoxy groups -OCH3 is 1. The van der Waals surface area contributed by atoms with Crippen LogP contribution in [-0.2, 0) is 4.74 Å². The monoisotopic (exact) mass is 333 g/mol. The van der Waals surface area contributed by atoms with E-state index < -0.39 is 0 Å². The van der Waals surface area contributed by atoms with E-state index >= 15 is 0 Å². The van der Waals surface area contributed by atoms with Crippen molar-refractivity contribution < 1.29 is 14.3 Å². The Morgan fingerprint density at radius 3 is 2.88 bits per heavy atom. The van der Waals surface area contributed by atoms with Crippen LogP contribution in [0, 0.1) is 11.8 Å². The van der Waals surface area contributed by atoms with Crippen molar-refractivity contribution in [2.75, 3.05) is 51.4 Å². The minimum absolute atomic E-state index is 0.0678. The molecule has 6 nitrogen and oxygen atoms in total. The summed E-state index contributed by atoms with van der Waals surface area (Å²) in [4.78, 5) is 14.2. The van der Waals surface area contributed by atoms with Crippen molar-refractivity contribution in [3.05, 3.63) is 24.3 Å². The van der Waals surface area contributed by atoms with E-state index in [4.69, 9.17) is 9.47 Å². The van der Waals surface area contributed by atoms with Crippen molar-refractivity contribution in [1.82, 2.24) is 10.6 Å². The first-order valence-electron chi connectivity index (χ1n) is 8.73. The van der Waals surface area contributed by atoms with Crippen LogP contribution in [0.15, 0.2) is 24.3 Å². The van der Waals surface area contributed by atoms with Gasteiger partial charge in [-0.05, 0) is 30.9 Å². The summed E-state index contributed by atoms with van der Waals surface area (Å²) in [6.45, 7) is 4.97. The molecule has 3 rings (SSSR count). The number of carbonyl (C=O) groups excluding carboxylic acids is 1. The van der Waals surface area contributed by atoms with Crippen molar-refractivity contribution in [2.24, 2.45) is 11.8 Å². The number of nitrogens with one attached hydrogen (secondary N) is 2. The Morgan fingerprint density at radius 2 is 2.12 bits per heavy atom. The van der Waals surface area contributed by atoms with E-state index in [1.54, 1.807) is 7.11 Å². The normalized spacial score (nSPS) is 23.3. The summed E-state index contributed by atoms with van der Waals surface area (Å²) >= 11 is 0. The van der Waals surface area contributed by atoms with E-state index in [-0.39, 0.29) is 6.03 Å². The number of nitrogens with zero attached hydrogens (tertiary/aromatic N) is 1. The van der Waals surface area contributed by atoms with Gasteiger partial charge in [-0.3, -0.25) is 0 Å². The van der Waals surface area contributed by atoms with Gasteiger partial charge in [-0.25, -0.2) is 4.79 Å². The van der Waals surface area contributed by atoms with E-state index in [2.05, 4.69) is 27.7 Å². The van der Waals surface area contributed by atoms with Crippen LogP contribution in [0.5, 0.6) is 5.75 Å². The Kier molecular flexibility index (Phi) is 5.80. The van der Waals surface area contributed by atoms with E-state index in [1.807, 2.05) is 12.1 Å². The Morgan fingerprint density at radius 1 is 1.29 bits per heavy atom. The van der Waals surface area contributed by atoms with Crippen LogP contribution in [0.1, 0.15) is 12.8 Å². The van der Waals surface area contributed by atoms with Crippen LogP contribution in [-0.4, -0.2) is 52.5 Å². The van der Waals surface area contributed by atoms with Crippen molar-refractivity contribution >= 4 is 11.7 Å². The molecule has 0 bridgehead atoms. The van der Waals surface area contributed by atoms with Gasteiger partial charge in [-0.15, -0.1) is 0 Å². The van der Waals surface area contributed by atoms with Gasteiger partial charge in [0.1, 0.15) is 5.75 Å². The molecule has 2 saturated heterocycles. The van der Waals surface area contributed by atoms with E-state index in [9.17, 15) is 4.79 Å². The molecule has 2 amide bonds. The van der Waals surface area contributed by atoms with Gasteiger partial charge in [0.2, 0.25) is 0 Å². The topological polar surface area (TPSA) is 62.8 Å². The second-order valence-corrected chi connectivity index (χ2v) is 6.62. The lowest BCUT2D eigenvalue weighted by molar-refractivity contribution is 0.185. The number of carbonyl (C=O) groups is 1. The Labute approximate surface area is 143 Å². The van der Waals surface area contributed by atoms with Gasteiger partial charge in [0, 0.05) is 50.5 Å². The summed E-state index contributed by atoms with van der Waals surface area (Å²) in [7, 11) is 1.69. The minimum Gasteiger partial charge on any atom is -0.497 e. The molecule has 6 heteroatoms. The highest BCUT2D eigenvalue weighted by molar-refractivity contribution is 5.73. The lowest BCUT2D eigenvalue weighted by Gasteiger charge is -2.19. The second-order valence-electron chi connectivity index (χ2n) is 6.62. The molecule has 2 aliphatic heterocycles. The molecule has 0 spiro atoms. The van der Waals surface area contributed by atoms with Crippen molar-refractivity contribution in [1.29, 1.82) is 0 Å². The molecule has 1 aromatic carbocycles. The first kappa shape index (κ1) is 16.9. The van der Waals surface area contributed by atoms with Gasteiger partial charge in [-0.2, -0.15) is 0 Å². The van der Waals surface area contributed by atoms with Crippen molar-refractivity contribution in [3.8, 4) is 5.75 Å². The Bertz CT molecular complexity index is 546. The fourth-order valence-electron chi connectivity index (χ4n) is 3.32. The van der Waals surface area contributed by atoms with E-state index in [0.717, 1.165) is 44.9 Å². The second kappa shape index (κ2) is 8.24. The van der Waals surface area contributed by atoms with Gasteiger partial charge in [-0.1, -0.05) is 6.07 Å². The molecule has 0 saturated carbocycles. The molecular formula is C18H27N3O3. The van der Waals surface area contributed by atoms with Gasteiger partial charge in [0.25, 0.3) is 0 Å². The minimum atomic E-state index is -0.0678. The van der Waals surface area contributed by atoms with Crippen LogP contribution in [0.4, 0.5) is 10.5 Å². The van der Waals surface area contributed by atoms with E-state index in [1.165, 1.54) is 5.69 Å². The fraction of sp³-hybridized carbons (Fsp3) is 0.611. The summed E-state index contributed by atoms with van der Waals surface area (Å²) in [5.74, 6) is 1.83. The third kappa shape index (κ3) is 4.54. The van der Waals surface area contributed by atoms with Gasteiger partial charge in [0.15, 0.2) is 0 Å². The molecule has 24 heavy (non-hydrogen) atoms. The molecule has 132 valence electrons. The fourth-order valence-corrected chi connectivity index (χ4v) is 3.32. The van der Waals surface area contributed by atoms with Gasteiger partial charge >= 0.3 is 6.03 Å². The summed E-state index contributed by atoms with van der Waals surface area (Å²) < 4.78 is 10.6. The zero-order valence-electron chi connectivity index (χ0n) is 14.3. The lowest BCUT2D eigenvalue weighted by Crippen LogP contribution is -2.40. The van der Waals surface area contributed by atoms with Crippen LogP contribution in [0.2, 0.25) is 0 Å². The summed E-state index contributed by atoms with van der Waals surface area (Å²) in [6.07, 6.45) is 2.13. The quantitative estimate of drug-likeness (QED) is 0.834. The van der Waals surface area contributed by atoms with Crippen molar-refractivity contribution in [3.63, 3.8) is 0 Å². The number of anilines is 1. The lowest BCUT2D eigenvalue weighted by atomic mass is 10.1. The Hall–Kier alpha value is -1.95. The molecule has 2 heterocycles. The first-order valence-corrected chi connectivity index (χ1v) is 8.73. The molecule has 2 N–H and O–H groups in total. The van der Waals surface area contributed by atoms with Crippen molar-refractivity contribution in [2.45, 2.75) is 12.8 Å². The molecule has 0 radical (unpaired) electrons. The first-order chi connectivity index (χ1) is 11.7. The molecule has 0 aliphatic carbocycles. The number of hydrogen-bond acceptors (Lipinski definition) is 4. The third-order valence-corrected chi connectivity index (χ3v) is 4.83. The highest BCUT2D eigenvalue weighted by atomic mass is 16.5. The predicted molar refractivity (Wildman–Crippen MR) is 93.6 cm³/mol. The molecular weight excluding hydrogens is 306 g/mol. The molecule has 2 aliphatic rings. The number of benzene rings is 1. The molecule has 0 aromatic heterocycles. The number of hydrogen-bond donors (Lipinski definition) is 2. The summed E-state index contributed by atoms with van der Waals surface area (Å²) in [6, 6.07) is 8.07. The number of urea groups is 1. The van der Waals surface area contributed by atoms with Crippen LogP contribution in [0.3, 0.4) is 0 Å². The zero-order chi connectivity index (χ0) is 16.8. The van der Waals surface area contributed by atoms with Crippen LogP contribution >= 0.6 is 0 Å². The van der Waals surface area contributed by atoms with Gasteiger partial charge in [0.05, 0.1) is 13.7 Å². The number of ether oxygens (including phenoxy) is 2. The molecule has 2 atom stereocenters. The average molecular weight is 333 g/mol.